The van der Waals surface area contributed by atoms with E-state index in [4.69, 9.17) is 4.74 Å². The molecular weight excluding hydrogens is 415 g/mol. The Balaban J connectivity index is 1.45. The maximum atomic E-state index is 12.5. The summed E-state index contributed by atoms with van der Waals surface area (Å²) >= 11 is 0. The molecule has 11 heteroatoms. The lowest BCUT2D eigenvalue weighted by atomic mass is 10.1. The highest BCUT2D eigenvalue weighted by Gasteiger charge is 2.32. The first kappa shape index (κ1) is 22.6. The molecule has 0 radical (unpaired) electrons. The van der Waals surface area contributed by atoms with Gasteiger partial charge in [-0.25, -0.2) is 9.50 Å². The van der Waals surface area contributed by atoms with Crippen molar-refractivity contribution in [3.63, 3.8) is 0 Å². The summed E-state index contributed by atoms with van der Waals surface area (Å²) in [6.07, 6.45) is 1.79. The number of alkyl halides is 3. The number of nitrogens with one attached hydrogen (secondary N) is 1. The smallest absolute Gasteiger partial charge is 0.386 e. The van der Waals surface area contributed by atoms with Crippen molar-refractivity contribution in [1.29, 1.82) is 0 Å². The summed E-state index contributed by atoms with van der Waals surface area (Å²) in [4.78, 5) is 20.0. The second-order valence-electron chi connectivity index (χ2n) is 7.49. The second kappa shape index (κ2) is 8.98. The van der Waals surface area contributed by atoms with Crippen molar-refractivity contribution in [2.75, 3.05) is 19.8 Å². The number of aliphatic hydroxyl groups is 1. The SMILES string of the molecule is Cc1cnc2c(C(=O)NCC(C)(O)COCCc3ccc(C(F)(F)F)nc3)cnn2c1. The van der Waals surface area contributed by atoms with Gasteiger partial charge in [-0.05, 0) is 37.5 Å². The highest BCUT2D eigenvalue weighted by molar-refractivity contribution is 5.99. The van der Waals surface area contributed by atoms with Crippen molar-refractivity contribution in [1.82, 2.24) is 24.9 Å². The van der Waals surface area contributed by atoms with E-state index in [9.17, 15) is 23.1 Å². The molecule has 3 rings (SSSR count). The van der Waals surface area contributed by atoms with E-state index in [0.29, 0.717) is 17.6 Å². The number of aromatic nitrogens is 4. The largest absolute Gasteiger partial charge is 0.433 e. The molecule has 3 aromatic rings. The van der Waals surface area contributed by atoms with E-state index in [1.165, 1.54) is 23.7 Å². The lowest BCUT2D eigenvalue weighted by molar-refractivity contribution is -0.141. The molecular formula is C20H22F3N5O3. The van der Waals surface area contributed by atoms with Gasteiger partial charge in [0.1, 0.15) is 16.9 Å². The summed E-state index contributed by atoms with van der Waals surface area (Å²) in [5, 5.41) is 17.1. The molecule has 3 heterocycles. The van der Waals surface area contributed by atoms with Gasteiger partial charge in [0, 0.05) is 25.1 Å². The summed E-state index contributed by atoms with van der Waals surface area (Å²) in [5.74, 6) is -0.428. The first-order chi connectivity index (χ1) is 14.5. The van der Waals surface area contributed by atoms with Crippen molar-refractivity contribution in [3.8, 4) is 0 Å². The molecule has 0 saturated heterocycles. The van der Waals surface area contributed by atoms with Crippen LogP contribution in [0.3, 0.4) is 0 Å². The molecule has 2 N–H and O–H groups in total. The van der Waals surface area contributed by atoms with Crippen molar-refractivity contribution in [2.24, 2.45) is 0 Å². The van der Waals surface area contributed by atoms with Gasteiger partial charge in [-0.2, -0.15) is 18.3 Å². The minimum atomic E-state index is -4.48. The molecule has 166 valence electrons. The number of nitrogens with zero attached hydrogens (tertiary/aromatic N) is 4. The molecule has 0 saturated carbocycles. The number of halogens is 3. The molecule has 0 aliphatic carbocycles. The van der Waals surface area contributed by atoms with E-state index < -0.39 is 23.4 Å². The van der Waals surface area contributed by atoms with Crippen molar-refractivity contribution < 1.29 is 27.8 Å². The number of fused-ring (bicyclic) bond motifs is 1. The molecule has 0 spiro atoms. The zero-order valence-electron chi connectivity index (χ0n) is 17.0. The predicted octanol–water partition coefficient (Wildman–Crippen LogP) is 2.19. The van der Waals surface area contributed by atoms with Crippen molar-refractivity contribution in [3.05, 3.63) is 59.3 Å². The molecule has 1 unspecified atom stereocenters. The number of carbonyl (C=O) groups is 1. The van der Waals surface area contributed by atoms with E-state index >= 15 is 0 Å². The van der Waals surface area contributed by atoms with Gasteiger partial charge in [0.25, 0.3) is 5.91 Å². The number of rotatable bonds is 8. The Morgan fingerprint density at radius 1 is 1.23 bits per heavy atom. The first-order valence-electron chi connectivity index (χ1n) is 9.46. The number of hydrogen-bond acceptors (Lipinski definition) is 6. The normalized spacial score (nSPS) is 13.9. The summed E-state index contributed by atoms with van der Waals surface area (Å²) < 4.78 is 44.5. The number of carbonyl (C=O) groups excluding carboxylic acids is 1. The van der Waals surface area contributed by atoms with Gasteiger partial charge < -0.3 is 15.2 Å². The highest BCUT2D eigenvalue weighted by atomic mass is 19.4. The Bertz CT molecular complexity index is 1050. The van der Waals surface area contributed by atoms with Gasteiger partial charge in [-0.15, -0.1) is 0 Å². The molecule has 0 bridgehead atoms. The molecule has 0 aliphatic rings. The summed E-state index contributed by atoms with van der Waals surface area (Å²) in [7, 11) is 0. The summed E-state index contributed by atoms with van der Waals surface area (Å²) in [6, 6.07) is 2.25. The van der Waals surface area contributed by atoms with Crippen molar-refractivity contribution >= 4 is 11.6 Å². The Morgan fingerprint density at radius 2 is 2.00 bits per heavy atom. The van der Waals surface area contributed by atoms with Crippen LogP contribution in [0.1, 0.15) is 34.1 Å². The monoisotopic (exact) mass is 437 g/mol. The number of aryl methyl sites for hydroxylation is 1. The van der Waals surface area contributed by atoms with Crippen LogP contribution in [-0.4, -0.2) is 56.0 Å². The quantitative estimate of drug-likeness (QED) is 0.524. The Morgan fingerprint density at radius 3 is 2.68 bits per heavy atom. The minimum Gasteiger partial charge on any atom is -0.386 e. The fraction of sp³-hybridized carbons (Fsp3) is 0.400. The zero-order valence-corrected chi connectivity index (χ0v) is 17.0. The Labute approximate surface area is 176 Å². The average molecular weight is 437 g/mol. The van der Waals surface area contributed by atoms with E-state index in [0.717, 1.165) is 17.8 Å². The van der Waals surface area contributed by atoms with E-state index in [1.54, 1.807) is 12.4 Å². The van der Waals surface area contributed by atoms with Crippen LogP contribution < -0.4 is 5.32 Å². The molecule has 1 amide bonds. The number of ether oxygens (including phenoxy) is 1. The molecule has 8 nitrogen and oxygen atoms in total. The van der Waals surface area contributed by atoms with Crippen LogP contribution in [0.5, 0.6) is 0 Å². The Hall–Kier alpha value is -3.05. The van der Waals surface area contributed by atoms with Gasteiger partial charge in [0.05, 0.1) is 19.4 Å². The van der Waals surface area contributed by atoms with Crippen LogP contribution >= 0.6 is 0 Å². The summed E-state index contributed by atoms with van der Waals surface area (Å²) in [5.41, 5.74) is -0.129. The standard InChI is InChI=1S/C20H22F3N5O3/c1-13-7-25-17-15(9-27-28(17)10-13)18(29)26-11-19(2,30)12-31-6-5-14-3-4-16(24-8-14)20(21,22)23/h3-4,7-10,30H,5-6,11-12H2,1-2H3,(H,26,29). The maximum absolute atomic E-state index is 12.5. The van der Waals surface area contributed by atoms with E-state index in [-0.39, 0.29) is 25.3 Å². The van der Waals surface area contributed by atoms with Crippen LogP contribution in [0.25, 0.3) is 5.65 Å². The predicted molar refractivity (Wildman–Crippen MR) is 104 cm³/mol. The third-order valence-corrected chi connectivity index (χ3v) is 4.42. The molecule has 31 heavy (non-hydrogen) atoms. The fourth-order valence-electron chi connectivity index (χ4n) is 2.77. The van der Waals surface area contributed by atoms with Gasteiger partial charge in [0.2, 0.25) is 0 Å². The number of amides is 1. The lowest BCUT2D eigenvalue weighted by Gasteiger charge is -2.23. The second-order valence-corrected chi connectivity index (χ2v) is 7.49. The molecule has 0 aliphatic heterocycles. The van der Waals surface area contributed by atoms with Gasteiger partial charge >= 0.3 is 6.18 Å². The Kier molecular flexibility index (Phi) is 6.56. The zero-order chi connectivity index (χ0) is 22.6. The van der Waals surface area contributed by atoms with Gasteiger partial charge in [0.15, 0.2) is 5.65 Å². The fourth-order valence-corrected chi connectivity index (χ4v) is 2.77. The molecule has 3 aromatic heterocycles. The minimum absolute atomic E-state index is 0.0725. The average Bonchev–Trinajstić information content (AvgIpc) is 3.12. The van der Waals surface area contributed by atoms with Crippen LogP contribution in [-0.2, 0) is 17.3 Å². The maximum Gasteiger partial charge on any atom is 0.433 e. The van der Waals surface area contributed by atoms with Crippen molar-refractivity contribution in [2.45, 2.75) is 32.0 Å². The third kappa shape index (κ3) is 5.98. The number of hydrogen-bond donors (Lipinski definition) is 2. The van der Waals surface area contributed by atoms with Gasteiger partial charge in [-0.3, -0.25) is 9.78 Å². The first-order valence-corrected chi connectivity index (χ1v) is 9.46. The molecule has 1 atom stereocenters. The highest BCUT2D eigenvalue weighted by Crippen LogP contribution is 2.27. The van der Waals surface area contributed by atoms with Crippen LogP contribution in [0.4, 0.5) is 13.2 Å². The van der Waals surface area contributed by atoms with E-state index in [2.05, 4.69) is 20.4 Å². The van der Waals surface area contributed by atoms with Crippen LogP contribution in [0, 0.1) is 6.92 Å². The number of pyridine rings is 1. The lowest BCUT2D eigenvalue weighted by Crippen LogP contribution is -2.44. The summed E-state index contributed by atoms with van der Waals surface area (Å²) in [6.45, 7) is 3.39. The van der Waals surface area contributed by atoms with E-state index in [1.807, 2.05) is 6.92 Å². The van der Waals surface area contributed by atoms with Crippen LogP contribution in [0.15, 0.2) is 36.9 Å². The van der Waals surface area contributed by atoms with Crippen LogP contribution in [0.2, 0.25) is 0 Å². The third-order valence-electron chi connectivity index (χ3n) is 4.42. The van der Waals surface area contributed by atoms with Gasteiger partial charge in [-0.1, -0.05) is 6.07 Å². The topological polar surface area (TPSA) is 102 Å². The molecule has 0 fully saturated rings. The molecule has 0 aromatic carbocycles.